The van der Waals surface area contributed by atoms with Gasteiger partial charge in [0.1, 0.15) is 11.9 Å². The van der Waals surface area contributed by atoms with Crippen LogP contribution < -0.4 is 19.1 Å². The van der Waals surface area contributed by atoms with Crippen molar-refractivity contribution in [3.8, 4) is 17.1 Å². The molecule has 0 radical (unpaired) electrons. The van der Waals surface area contributed by atoms with Gasteiger partial charge in [-0.05, 0) is 66.2 Å². The molecular formula is C29H32N5O2+. The number of methoxy groups -OCH3 is 1. The molecule has 0 unspecified atom stereocenters. The molecule has 184 valence electrons. The van der Waals surface area contributed by atoms with Crippen LogP contribution in [0.5, 0.6) is 5.75 Å². The molecule has 0 saturated carbocycles. The van der Waals surface area contributed by atoms with Crippen molar-refractivity contribution in [3.05, 3.63) is 96.3 Å². The van der Waals surface area contributed by atoms with Crippen LogP contribution >= 0.6 is 0 Å². The van der Waals surface area contributed by atoms with Crippen LogP contribution in [0, 0.1) is 0 Å². The van der Waals surface area contributed by atoms with Gasteiger partial charge in [0.15, 0.2) is 12.7 Å². The number of benzene rings is 3. The smallest absolute Gasteiger partial charge is 0.314 e. The van der Waals surface area contributed by atoms with E-state index in [-0.39, 0.29) is 12.3 Å². The molecule has 0 amide bonds. The fraction of sp³-hybridized carbons (Fsp3) is 0.207. The summed E-state index contributed by atoms with van der Waals surface area (Å²) in [5.41, 5.74) is 4.76. The van der Waals surface area contributed by atoms with E-state index in [9.17, 15) is 4.79 Å². The number of hydrogen-bond acceptors (Lipinski definition) is 5. The topological polar surface area (TPSA) is 54.0 Å². The average molecular weight is 483 g/mol. The molecule has 0 atom stereocenters. The molecule has 0 saturated heterocycles. The van der Waals surface area contributed by atoms with Crippen molar-refractivity contribution in [1.29, 1.82) is 0 Å². The van der Waals surface area contributed by atoms with Crippen molar-refractivity contribution in [1.82, 2.24) is 4.68 Å². The maximum absolute atomic E-state index is 13.1. The van der Waals surface area contributed by atoms with Crippen molar-refractivity contribution in [2.24, 2.45) is 5.10 Å². The monoisotopic (exact) mass is 482 g/mol. The molecule has 4 rings (SSSR count). The number of carbonyl (C=O) groups excluding carboxylic acids is 1. The predicted octanol–water partition coefficient (Wildman–Crippen LogP) is 4.35. The van der Waals surface area contributed by atoms with E-state index in [1.54, 1.807) is 11.8 Å². The summed E-state index contributed by atoms with van der Waals surface area (Å²) in [5, 5.41) is 4.71. The van der Waals surface area contributed by atoms with Gasteiger partial charge in [0.05, 0.1) is 18.9 Å². The number of aromatic nitrogens is 2. The number of ketones is 1. The molecule has 0 N–H and O–H groups in total. The average Bonchev–Trinajstić information content (AvgIpc) is 3.29. The molecular weight excluding hydrogens is 450 g/mol. The Bertz CT molecular complexity index is 1340. The van der Waals surface area contributed by atoms with Crippen LogP contribution in [-0.2, 0) is 6.54 Å². The minimum atomic E-state index is 0.0288. The Morgan fingerprint density at radius 2 is 1.47 bits per heavy atom. The highest BCUT2D eigenvalue weighted by atomic mass is 16.5. The first-order chi connectivity index (χ1) is 17.4. The minimum Gasteiger partial charge on any atom is -0.497 e. The molecule has 36 heavy (non-hydrogen) atoms. The Hall–Kier alpha value is -4.39. The molecule has 0 aliphatic rings. The van der Waals surface area contributed by atoms with Gasteiger partial charge in [-0.1, -0.05) is 17.2 Å². The standard InChI is InChI=1S/C29H32N5O2/c1-31(2)25-12-6-22(7-13-25)20-30-34-19-18-33(29(34)24-10-16-27(36-5)17-11-24)21-28(35)23-8-14-26(15-9-23)32(3)4/h6-20H,21H2,1-5H3/q+1/b30-20+. The number of Topliss-reactive ketones (excluding diaryl/α,β-unsaturated/α-hetero) is 1. The second-order valence-electron chi connectivity index (χ2n) is 8.92. The Balaban J connectivity index is 1.65. The van der Waals surface area contributed by atoms with Gasteiger partial charge in [0.2, 0.25) is 5.78 Å². The molecule has 3 aromatic carbocycles. The number of carbonyl (C=O) groups is 1. The summed E-state index contributed by atoms with van der Waals surface area (Å²) in [5.74, 6) is 1.60. The molecule has 4 aromatic rings. The quantitative estimate of drug-likeness (QED) is 0.202. The zero-order valence-corrected chi connectivity index (χ0v) is 21.4. The second-order valence-corrected chi connectivity index (χ2v) is 8.92. The molecule has 0 fully saturated rings. The third kappa shape index (κ3) is 5.63. The maximum Gasteiger partial charge on any atom is 0.314 e. The fourth-order valence-electron chi connectivity index (χ4n) is 3.85. The summed E-state index contributed by atoms with van der Waals surface area (Å²) in [6.45, 7) is 0.197. The molecule has 1 aromatic heterocycles. The first-order valence-electron chi connectivity index (χ1n) is 11.7. The van der Waals surface area contributed by atoms with E-state index < -0.39 is 0 Å². The summed E-state index contributed by atoms with van der Waals surface area (Å²) in [6, 6.07) is 23.6. The van der Waals surface area contributed by atoms with Gasteiger partial charge in [-0.15, -0.1) is 4.68 Å². The van der Waals surface area contributed by atoms with E-state index in [4.69, 9.17) is 9.84 Å². The van der Waals surface area contributed by atoms with Crippen LogP contribution in [0.2, 0.25) is 0 Å². The molecule has 0 aliphatic carbocycles. The van der Waals surface area contributed by atoms with Gasteiger partial charge >= 0.3 is 5.82 Å². The van der Waals surface area contributed by atoms with Crippen LogP contribution in [0.15, 0.2) is 90.3 Å². The zero-order valence-electron chi connectivity index (χ0n) is 21.4. The molecule has 1 heterocycles. The number of imidazole rings is 1. The van der Waals surface area contributed by atoms with Crippen LogP contribution in [0.1, 0.15) is 15.9 Å². The summed E-state index contributed by atoms with van der Waals surface area (Å²) in [4.78, 5) is 17.2. The largest absolute Gasteiger partial charge is 0.497 e. The zero-order chi connectivity index (χ0) is 25.7. The maximum atomic E-state index is 13.1. The first-order valence-corrected chi connectivity index (χ1v) is 11.7. The third-order valence-corrected chi connectivity index (χ3v) is 5.99. The van der Waals surface area contributed by atoms with Gasteiger partial charge in [0.25, 0.3) is 0 Å². The lowest BCUT2D eigenvalue weighted by molar-refractivity contribution is -0.671. The molecule has 0 bridgehead atoms. The number of anilines is 2. The van der Waals surface area contributed by atoms with Crippen molar-refractivity contribution in [3.63, 3.8) is 0 Å². The highest BCUT2D eigenvalue weighted by Crippen LogP contribution is 2.21. The van der Waals surface area contributed by atoms with E-state index in [2.05, 4.69) is 17.0 Å². The summed E-state index contributed by atoms with van der Waals surface area (Å²) in [6.07, 6.45) is 5.57. The second kappa shape index (κ2) is 10.9. The highest BCUT2D eigenvalue weighted by molar-refractivity contribution is 5.95. The van der Waals surface area contributed by atoms with Crippen LogP contribution in [0.25, 0.3) is 11.4 Å². The number of hydrogen-bond donors (Lipinski definition) is 0. The Morgan fingerprint density at radius 3 is 2.03 bits per heavy atom. The van der Waals surface area contributed by atoms with Gasteiger partial charge in [-0.25, -0.2) is 4.57 Å². The Kier molecular flexibility index (Phi) is 7.49. The van der Waals surface area contributed by atoms with Gasteiger partial charge < -0.3 is 14.5 Å². The van der Waals surface area contributed by atoms with E-state index in [1.807, 2.05) is 117 Å². The molecule has 7 nitrogen and oxygen atoms in total. The van der Waals surface area contributed by atoms with E-state index in [0.29, 0.717) is 5.56 Å². The normalized spacial score (nSPS) is 11.0. The summed E-state index contributed by atoms with van der Waals surface area (Å²) in [7, 11) is 9.63. The van der Waals surface area contributed by atoms with Crippen LogP contribution in [0.4, 0.5) is 11.4 Å². The lowest BCUT2D eigenvalue weighted by Crippen LogP contribution is -2.38. The van der Waals surface area contributed by atoms with E-state index in [0.717, 1.165) is 34.1 Å². The van der Waals surface area contributed by atoms with Crippen molar-refractivity contribution < 1.29 is 14.1 Å². The number of rotatable bonds is 9. The van der Waals surface area contributed by atoms with Gasteiger partial charge in [0, 0.05) is 45.1 Å². The Labute approximate surface area is 212 Å². The lowest BCUT2D eigenvalue weighted by atomic mass is 10.1. The van der Waals surface area contributed by atoms with Crippen molar-refractivity contribution in [2.75, 3.05) is 45.1 Å². The summed E-state index contributed by atoms with van der Waals surface area (Å²) < 4.78 is 9.05. The molecule has 0 spiro atoms. The predicted molar refractivity (Wildman–Crippen MR) is 145 cm³/mol. The SMILES string of the molecule is COc1ccc(-c2n(/N=C/c3ccc(N(C)C)cc3)cc[n+]2CC(=O)c2ccc(N(C)C)cc2)cc1. The molecule has 7 heteroatoms. The van der Waals surface area contributed by atoms with Crippen LogP contribution in [-0.4, -0.2) is 52.0 Å². The lowest BCUT2D eigenvalue weighted by Gasteiger charge is -2.12. The van der Waals surface area contributed by atoms with E-state index >= 15 is 0 Å². The highest BCUT2D eigenvalue weighted by Gasteiger charge is 2.22. The van der Waals surface area contributed by atoms with Crippen LogP contribution in [0.3, 0.4) is 0 Å². The van der Waals surface area contributed by atoms with Crippen molar-refractivity contribution >= 4 is 23.4 Å². The third-order valence-electron chi connectivity index (χ3n) is 5.99. The first kappa shape index (κ1) is 24.7. The fourth-order valence-corrected chi connectivity index (χ4v) is 3.85. The summed E-state index contributed by atoms with van der Waals surface area (Å²) >= 11 is 0. The van der Waals surface area contributed by atoms with Gasteiger partial charge in [-0.2, -0.15) is 0 Å². The number of ether oxygens (including phenoxy) is 1. The Morgan fingerprint density at radius 1 is 0.889 bits per heavy atom. The minimum absolute atomic E-state index is 0.0288. The molecule has 0 aliphatic heterocycles. The van der Waals surface area contributed by atoms with E-state index in [1.165, 1.54) is 0 Å². The number of nitrogens with zero attached hydrogens (tertiary/aromatic N) is 5. The van der Waals surface area contributed by atoms with Crippen molar-refractivity contribution in [2.45, 2.75) is 6.54 Å². The van der Waals surface area contributed by atoms with Gasteiger partial charge in [-0.3, -0.25) is 4.79 Å².